The van der Waals surface area contributed by atoms with E-state index in [0.29, 0.717) is 0 Å². The number of rotatable bonds is 20. The van der Waals surface area contributed by atoms with E-state index in [4.69, 9.17) is 5.73 Å². The van der Waals surface area contributed by atoms with Gasteiger partial charge in [0, 0.05) is 13.3 Å². The van der Waals surface area contributed by atoms with Gasteiger partial charge in [0.25, 0.3) is 0 Å². The fraction of sp³-hybridized carbons (Fsp3) is 0.769. The predicted octanol–water partition coefficient (Wildman–Crippen LogP) is 5.56. The molecule has 0 spiro atoms. The SMILES string of the molecule is CCCCC/C=C/CCCCCCCCCCCCC1=NC=C[N+]1(CC(=O)[O-])C(C)N. The minimum Gasteiger partial charge on any atom is -0.544 e. The smallest absolute Gasteiger partial charge is 0.209 e. The normalized spacial score (nSPS) is 19.3. The summed E-state index contributed by atoms with van der Waals surface area (Å²) in [7, 11) is 0. The van der Waals surface area contributed by atoms with Crippen molar-refractivity contribution in [1.29, 1.82) is 0 Å². The van der Waals surface area contributed by atoms with Gasteiger partial charge in [0.05, 0.1) is 12.2 Å². The maximum Gasteiger partial charge on any atom is 0.209 e. The van der Waals surface area contributed by atoms with Gasteiger partial charge in [0.1, 0.15) is 18.9 Å². The quantitative estimate of drug-likeness (QED) is 0.155. The molecule has 0 aliphatic carbocycles. The van der Waals surface area contributed by atoms with Gasteiger partial charge in [0.15, 0.2) is 0 Å². The van der Waals surface area contributed by atoms with E-state index in [1.807, 2.05) is 6.92 Å². The predicted molar refractivity (Wildman–Crippen MR) is 129 cm³/mol. The highest BCUT2D eigenvalue weighted by Crippen LogP contribution is 2.23. The van der Waals surface area contributed by atoms with Gasteiger partial charge in [-0.05, 0) is 32.1 Å². The summed E-state index contributed by atoms with van der Waals surface area (Å²) in [5, 5.41) is 11.2. The van der Waals surface area contributed by atoms with E-state index in [0.717, 1.165) is 25.1 Å². The zero-order valence-electron chi connectivity index (χ0n) is 20.2. The molecule has 1 heterocycles. The Hall–Kier alpha value is -1.46. The van der Waals surface area contributed by atoms with Crippen LogP contribution in [-0.2, 0) is 4.79 Å². The Kier molecular flexibility index (Phi) is 15.2. The summed E-state index contributed by atoms with van der Waals surface area (Å²) in [6, 6.07) is 0. The molecule has 2 atom stereocenters. The second-order valence-electron chi connectivity index (χ2n) is 9.09. The zero-order valence-corrected chi connectivity index (χ0v) is 20.2. The Bertz CT molecular complexity index is 569. The number of aliphatic imine (C=N–C) groups is 1. The van der Waals surface area contributed by atoms with Crippen LogP contribution in [0.2, 0.25) is 0 Å². The minimum atomic E-state index is -1.09. The van der Waals surface area contributed by atoms with Crippen LogP contribution in [0.3, 0.4) is 0 Å². The van der Waals surface area contributed by atoms with Gasteiger partial charge in [-0.2, -0.15) is 0 Å². The maximum absolute atomic E-state index is 11.2. The molecular weight excluding hydrogens is 386 g/mol. The average molecular weight is 434 g/mol. The first-order valence-corrected chi connectivity index (χ1v) is 12.8. The van der Waals surface area contributed by atoms with Crippen molar-refractivity contribution in [3.8, 4) is 0 Å². The molecular formula is C26H47N3O2. The van der Waals surface area contributed by atoms with Crippen molar-refractivity contribution >= 4 is 11.8 Å². The Morgan fingerprint density at radius 2 is 1.48 bits per heavy atom. The summed E-state index contributed by atoms with van der Waals surface area (Å²) in [6.45, 7) is 3.95. The molecule has 5 nitrogen and oxygen atoms in total. The van der Waals surface area contributed by atoms with Crippen LogP contribution in [0.15, 0.2) is 29.5 Å². The monoisotopic (exact) mass is 433 g/mol. The highest BCUT2D eigenvalue weighted by Gasteiger charge is 2.38. The van der Waals surface area contributed by atoms with Crippen LogP contribution < -0.4 is 10.8 Å². The van der Waals surface area contributed by atoms with Crippen LogP contribution in [-0.4, -0.2) is 29.0 Å². The fourth-order valence-corrected chi connectivity index (χ4v) is 4.28. The number of hydrogen-bond donors (Lipinski definition) is 1. The number of carboxylic acid groups (broad SMARTS) is 1. The second kappa shape index (κ2) is 17.1. The molecule has 2 unspecified atom stereocenters. The van der Waals surface area contributed by atoms with E-state index in [1.165, 1.54) is 83.5 Å². The standard InChI is InChI=1S/C26H47N3O2/c1-3-4-5-6-7-8-9-10-11-12-13-14-15-16-17-18-19-20-25-28-21-22-29(25,24(2)27)23-26(30)31/h7-8,21-22,24H,3-6,9-20,23,27H2,1-2H3/b8-7+. The molecule has 0 amide bonds. The third-order valence-electron chi connectivity index (χ3n) is 6.32. The average Bonchev–Trinajstić information content (AvgIpc) is 3.13. The molecule has 0 saturated carbocycles. The lowest BCUT2D eigenvalue weighted by Gasteiger charge is -2.36. The van der Waals surface area contributed by atoms with Crippen molar-refractivity contribution in [3.05, 3.63) is 24.6 Å². The van der Waals surface area contributed by atoms with E-state index in [9.17, 15) is 9.90 Å². The van der Waals surface area contributed by atoms with E-state index in [1.54, 1.807) is 12.4 Å². The molecule has 0 aromatic rings. The number of quaternary nitrogens is 1. The maximum atomic E-state index is 11.2. The Morgan fingerprint density at radius 3 is 2.00 bits per heavy atom. The number of amidine groups is 1. The number of carboxylic acids is 1. The summed E-state index contributed by atoms with van der Waals surface area (Å²) in [5.74, 6) is -0.231. The first-order chi connectivity index (χ1) is 15.0. The number of nitrogens with zero attached hydrogens (tertiary/aromatic N) is 2. The molecule has 2 N–H and O–H groups in total. The molecule has 178 valence electrons. The molecule has 31 heavy (non-hydrogen) atoms. The largest absolute Gasteiger partial charge is 0.544 e. The topological polar surface area (TPSA) is 78.5 Å². The van der Waals surface area contributed by atoms with Crippen LogP contribution in [0.4, 0.5) is 0 Å². The van der Waals surface area contributed by atoms with Crippen LogP contribution in [0.25, 0.3) is 0 Å². The van der Waals surface area contributed by atoms with Crippen molar-refractivity contribution in [2.45, 2.75) is 123 Å². The molecule has 1 aliphatic rings. The molecule has 1 rings (SSSR count). The number of nitrogens with two attached hydrogens (primary N) is 1. The van der Waals surface area contributed by atoms with E-state index < -0.39 is 5.97 Å². The van der Waals surface area contributed by atoms with Crippen molar-refractivity contribution in [1.82, 2.24) is 0 Å². The molecule has 0 aromatic heterocycles. The van der Waals surface area contributed by atoms with E-state index in [2.05, 4.69) is 24.1 Å². The minimum absolute atomic E-state index is 0.108. The second-order valence-corrected chi connectivity index (χ2v) is 9.09. The van der Waals surface area contributed by atoms with Crippen molar-refractivity contribution in [3.63, 3.8) is 0 Å². The Balaban J connectivity index is 1.97. The number of hydrogen-bond acceptors (Lipinski definition) is 4. The molecule has 0 fully saturated rings. The Labute approximate surface area is 191 Å². The van der Waals surface area contributed by atoms with Crippen LogP contribution in [0.5, 0.6) is 0 Å². The van der Waals surface area contributed by atoms with Gasteiger partial charge in [-0.3, -0.25) is 5.73 Å². The number of aliphatic carboxylic acids is 1. The van der Waals surface area contributed by atoms with Crippen molar-refractivity contribution in [2.24, 2.45) is 10.7 Å². The van der Waals surface area contributed by atoms with Crippen LogP contribution in [0.1, 0.15) is 117 Å². The first-order valence-electron chi connectivity index (χ1n) is 12.8. The molecule has 1 aliphatic heterocycles. The lowest BCUT2D eigenvalue weighted by molar-refractivity contribution is -0.808. The van der Waals surface area contributed by atoms with Gasteiger partial charge >= 0.3 is 0 Å². The lowest BCUT2D eigenvalue weighted by Crippen LogP contribution is -2.60. The Morgan fingerprint density at radius 1 is 0.968 bits per heavy atom. The fourth-order valence-electron chi connectivity index (χ4n) is 4.28. The van der Waals surface area contributed by atoms with Crippen molar-refractivity contribution < 1.29 is 14.4 Å². The summed E-state index contributed by atoms with van der Waals surface area (Å²) in [5.41, 5.74) is 6.08. The first kappa shape index (κ1) is 27.6. The highest BCUT2D eigenvalue weighted by molar-refractivity contribution is 5.81. The third kappa shape index (κ3) is 11.6. The van der Waals surface area contributed by atoms with Gasteiger partial charge in [-0.15, -0.1) is 0 Å². The number of carbonyl (C=O) groups excluding carboxylic acids is 1. The highest BCUT2D eigenvalue weighted by atomic mass is 16.4. The number of carbonyl (C=O) groups is 1. The molecule has 0 saturated heterocycles. The number of allylic oxidation sites excluding steroid dienone is 2. The van der Waals surface area contributed by atoms with E-state index in [-0.39, 0.29) is 17.2 Å². The van der Waals surface area contributed by atoms with Gasteiger partial charge in [-0.1, -0.05) is 83.3 Å². The zero-order chi connectivity index (χ0) is 22.8. The summed E-state index contributed by atoms with van der Waals surface area (Å²) in [4.78, 5) is 15.6. The van der Waals surface area contributed by atoms with Crippen LogP contribution >= 0.6 is 0 Å². The molecule has 5 heteroatoms. The van der Waals surface area contributed by atoms with Gasteiger partial charge in [0.2, 0.25) is 5.84 Å². The lowest BCUT2D eigenvalue weighted by atomic mass is 10.0. The number of unbranched alkanes of at least 4 members (excludes halogenated alkanes) is 13. The summed E-state index contributed by atoms with van der Waals surface area (Å²) in [6.07, 6.45) is 28.0. The van der Waals surface area contributed by atoms with Crippen LogP contribution in [0, 0.1) is 0 Å². The summed E-state index contributed by atoms with van der Waals surface area (Å²) < 4.78 is 0.108. The van der Waals surface area contributed by atoms with Crippen molar-refractivity contribution in [2.75, 3.05) is 6.54 Å². The van der Waals surface area contributed by atoms with Gasteiger partial charge < -0.3 is 9.90 Å². The van der Waals surface area contributed by atoms with Gasteiger partial charge in [-0.25, -0.2) is 9.48 Å². The third-order valence-corrected chi connectivity index (χ3v) is 6.32. The van der Waals surface area contributed by atoms with E-state index >= 15 is 0 Å². The molecule has 0 bridgehead atoms. The summed E-state index contributed by atoms with van der Waals surface area (Å²) >= 11 is 0. The molecule has 0 radical (unpaired) electrons. The molecule has 0 aromatic carbocycles.